The van der Waals surface area contributed by atoms with Crippen molar-refractivity contribution in [1.29, 1.82) is 0 Å². The highest BCUT2D eigenvalue weighted by Gasteiger charge is 2.23. The van der Waals surface area contributed by atoms with Gasteiger partial charge in [-0.1, -0.05) is 38.1 Å². The molecule has 0 aliphatic carbocycles. The fourth-order valence-corrected chi connectivity index (χ4v) is 3.33. The second-order valence-electron chi connectivity index (χ2n) is 7.11. The molecule has 0 aliphatic heterocycles. The number of nitrogens with one attached hydrogen (secondary N) is 1. The van der Waals surface area contributed by atoms with Gasteiger partial charge in [0, 0.05) is 18.7 Å². The second-order valence-corrected chi connectivity index (χ2v) is 8.30. The van der Waals surface area contributed by atoms with Gasteiger partial charge in [0.15, 0.2) is 0 Å². The van der Waals surface area contributed by atoms with Crippen molar-refractivity contribution >= 4 is 38.2 Å². The molecular weight excluding hydrogens is 408 g/mol. The minimum atomic E-state index is -4.16. The van der Waals surface area contributed by atoms with Crippen LogP contribution in [0, 0.1) is 5.92 Å². The topological polar surface area (TPSA) is 117 Å². The number of nitrogens with zero attached hydrogens (tertiary/aromatic N) is 1. The van der Waals surface area contributed by atoms with Crippen molar-refractivity contribution in [2.24, 2.45) is 13.0 Å². The minimum Gasteiger partial charge on any atom is -0.480 e. The molecule has 1 heterocycles. The first-order valence-electron chi connectivity index (χ1n) is 9.34. The number of aromatic nitrogens is 1. The van der Waals surface area contributed by atoms with Crippen molar-refractivity contribution in [2.45, 2.75) is 26.4 Å². The van der Waals surface area contributed by atoms with E-state index >= 15 is 0 Å². The predicted octanol–water partition coefficient (Wildman–Crippen LogP) is 2.45. The number of rotatable bonds is 6. The van der Waals surface area contributed by atoms with Gasteiger partial charge in [0.2, 0.25) is 11.0 Å². The van der Waals surface area contributed by atoms with E-state index in [0.717, 1.165) is 34.5 Å². The monoisotopic (exact) mass is 435 g/mol. The molecule has 0 aliphatic rings. The summed E-state index contributed by atoms with van der Waals surface area (Å²) in [6.07, 6.45) is 0. The maximum Gasteiger partial charge on any atom is 0.397 e. The van der Waals surface area contributed by atoms with Crippen molar-refractivity contribution in [3.63, 3.8) is 0 Å². The van der Waals surface area contributed by atoms with Gasteiger partial charge in [-0.05, 0) is 23.6 Å². The average molecular weight is 436 g/mol. The lowest BCUT2D eigenvalue weighted by atomic mass is 10.00. The Hall–Kier alpha value is -2.59. The fourth-order valence-electron chi connectivity index (χ4n) is 3.33. The summed E-state index contributed by atoms with van der Waals surface area (Å²) in [5, 5.41) is 15.0. The summed E-state index contributed by atoms with van der Waals surface area (Å²) in [5.74, 6) is -0.778. The number of pyridine rings is 1. The van der Waals surface area contributed by atoms with Crippen molar-refractivity contribution in [2.75, 3.05) is 7.11 Å². The molecule has 0 saturated heterocycles. The predicted molar refractivity (Wildman–Crippen MR) is 114 cm³/mol. The number of hydrogen-bond acceptors (Lipinski definition) is 5. The van der Waals surface area contributed by atoms with E-state index in [-0.39, 0.29) is 5.92 Å². The largest absolute Gasteiger partial charge is 0.480 e. The quantitative estimate of drug-likeness (QED) is 0.309. The van der Waals surface area contributed by atoms with Crippen LogP contribution in [0.3, 0.4) is 0 Å². The van der Waals surface area contributed by atoms with Gasteiger partial charge in [0.1, 0.15) is 13.1 Å². The molecule has 0 bridgehead atoms. The van der Waals surface area contributed by atoms with Crippen LogP contribution in [-0.2, 0) is 33.0 Å². The number of para-hydroxylation sites is 2. The highest BCUT2D eigenvalue weighted by atomic mass is 32.3. The molecule has 8 nitrogen and oxygen atoms in total. The Labute approximate surface area is 176 Å². The molecule has 30 heavy (non-hydrogen) atoms. The van der Waals surface area contributed by atoms with E-state index in [1.807, 2.05) is 38.1 Å². The van der Waals surface area contributed by atoms with Gasteiger partial charge in [0.25, 0.3) is 0 Å². The maximum absolute atomic E-state index is 11.5. The molecule has 3 aromatic rings. The fraction of sp³-hybridized carbons (Fsp3) is 0.333. The first-order valence-corrected chi connectivity index (χ1v) is 10.7. The number of aliphatic carboxylic acids is 1. The Balaban J connectivity index is 0.000000469. The molecule has 2 aromatic carbocycles. The normalized spacial score (nSPS) is 12.6. The van der Waals surface area contributed by atoms with Crippen LogP contribution in [0.15, 0.2) is 48.5 Å². The van der Waals surface area contributed by atoms with Gasteiger partial charge in [-0.3, -0.25) is 13.5 Å². The van der Waals surface area contributed by atoms with Crippen LogP contribution < -0.4 is 9.88 Å². The van der Waals surface area contributed by atoms with Gasteiger partial charge in [-0.15, -0.1) is 0 Å². The van der Waals surface area contributed by atoms with Crippen molar-refractivity contribution in [1.82, 2.24) is 5.32 Å². The summed E-state index contributed by atoms with van der Waals surface area (Å²) in [6.45, 7) is 4.37. The van der Waals surface area contributed by atoms with Crippen LogP contribution >= 0.6 is 0 Å². The van der Waals surface area contributed by atoms with Gasteiger partial charge >= 0.3 is 16.4 Å². The molecule has 1 unspecified atom stereocenters. The number of aryl methyl sites for hydroxylation is 1. The second kappa shape index (κ2) is 9.94. The Morgan fingerprint density at radius 2 is 1.50 bits per heavy atom. The smallest absolute Gasteiger partial charge is 0.397 e. The van der Waals surface area contributed by atoms with Gasteiger partial charge in [-0.2, -0.15) is 13.0 Å². The Kier molecular flexibility index (Phi) is 7.85. The van der Waals surface area contributed by atoms with E-state index in [2.05, 4.69) is 45.4 Å². The zero-order valence-electron chi connectivity index (χ0n) is 17.4. The van der Waals surface area contributed by atoms with Gasteiger partial charge in [-0.25, -0.2) is 0 Å². The van der Waals surface area contributed by atoms with Crippen LogP contribution in [0.4, 0.5) is 0 Å². The first kappa shape index (κ1) is 23.7. The molecule has 3 rings (SSSR count). The third-order valence-corrected chi connectivity index (χ3v) is 5.24. The van der Waals surface area contributed by atoms with Crippen molar-refractivity contribution < 1.29 is 31.6 Å². The number of carboxylic acid groups (broad SMARTS) is 1. The van der Waals surface area contributed by atoms with Crippen LogP contribution in [-0.4, -0.2) is 37.2 Å². The van der Waals surface area contributed by atoms with Gasteiger partial charge in [0.05, 0.1) is 17.9 Å². The summed E-state index contributed by atoms with van der Waals surface area (Å²) in [6, 6.07) is 16.0. The third kappa shape index (κ3) is 5.73. The summed E-state index contributed by atoms with van der Waals surface area (Å²) < 4.78 is 31.9. The van der Waals surface area contributed by atoms with Crippen molar-refractivity contribution in [3.05, 3.63) is 54.1 Å². The van der Waals surface area contributed by atoms with E-state index in [9.17, 15) is 18.3 Å². The molecule has 0 amide bonds. The lowest BCUT2D eigenvalue weighted by molar-refractivity contribution is -0.617. The number of hydrogen-bond donors (Lipinski definition) is 3. The van der Waals surface area contributed by atoms with E-state index in [0.29, 0.717) is 6.54 Å². The lowest BCUT2D eigenvalue weighted by Gasteiger charge is -2.19. The SMILES string of the molecule is CC(C)C(NCc1c2ccccc2[n+](C)c2ccccc12)C(=O)O.COS(=O)(=O)O. The van der Waals surface area contributed by atoms with E-state index in [1.54, 1.807) is 0 Å². The highest BCUT2D eigenvalue weighted by molar-refractivity contribution is 7.80. The van der Waals surface area contributed by atoms with E-state index in [4.69, 9.17) is 4.55 Å². The molecule has 0 radical (unpaired) electrons. The molecule has 162 valence electrons. The Bertz CT molecular complexity index is 1090. The van der Waals surface area contributed by atoms with Crippen LogP contribution in [0.1, 0.15) is 19.4 Å². The van der Waals surface area contributed by atoms with Crippen molar-refractivity contribution in [3.8, 4) is 0 Å². The molecule has 0 spiro atoms. The summed E-state index contributed by atoms with van der Waals surface area (Å²) in [7, 11) is -1.23. The lowest BCUT2D eigenvalue weighted by Crippen LogP contribution is -2.40. The van der Waals surface area contributed by atoms with Crippen LogP contribution in [0.25, 0.3) is 21.8 Å². The molecule has 9 heteroatoms. The number of benzene rings is 2. The average Bonchev–Trinajstić information content (AvgIpc) is 2.70. The molecule has 0 saturated carbocycles. The zero-order chi connectivity index (χ0) is 22.5. The van der Waals surface area contributed by atoms with Crippen LogP contribution in [0.2, 0.25) is 0 Å². The maximum atomic E-state index is 11.5. The highest BCUT2D eigenvalue weighted by Crippen LogP contribution is 2.24. The molecule has 1 atom stereocenters. The van der Waals surface area contributed by atoms with Gasteiger partial charge < -0.3 is 10.4 Å². The molecule has 1 aromatic heterocycles. The molecule has 0 fully saturated rings. The summed E-state index contributed by atoms with van der Waals surface area (Å²) in [5.41, 5.74) is 3.43. The standard InChI is InChI=1S/C20H22N2O2.CH4O4S/c1-13(2)19(20(23)24)21-12-16-14-8-4-6-10-17(14)22(3)18-11-7-5-9-15(16)18;1-5-6(2,3)4/h4-11,13,19,21H,12H2,1-3H3;1H3,(H,2,3,4)/p+1. The minimum absolute atomic E-state index is 0.0276. The Morgan fingerprint density at radius 3 is 1.87 bits per heavy atom. The zero-order valence-corrected chi connectivity index (χ0v) is 18.2. The summed E-state index contributed by atoms with van der Waals surface area (Å²) >= 11 is 0. The Morgan fingerprint density at radius 1 is 1.07 bits per heavy atom. The summed E-state index contributed by atoms with van der Waals surface area (Å²) in [4.78, 5) is 11.5. The number of carbonyl (C=O) groups is 1. The first-order chi connectivity index (χ1) is 14.1. The van der Waals surface area contributed by atoms with E-state index < -0.39 is 22.4 Å². The molecular formula is C21H27N2O6S+. The van der Waals surface area contributed by atoms with Crippen LogP contribution in [0.5, 0.6) is 0 Å². The van der Waals surface area contributed by atoms with E-state index in [1.165, 1.54) is 0 Å². The third-order valence-electron chi connectivity index (χ3n) is 4.82. The number of fused-ring (bicyclic) bond motifs is 2. The molecule has 3 N–H and O–H groups in total. The number of carboxylic acids is 1.